The van der Waals surface area contributed by atoms with Crippen LogP contribution in [0.4, 0.5) is 0 Å². The lowest BCUT2D eigenvalue weighted by Crippen LogP contribution is -2.10. The molecule has 0 spiro atoms. The molecule has 0 aliphatic rings. The van der Waals surface area contributed by atoms with Crippen molar-refractivity contribution in [3.63, 3.8) is 0 Å². The summed E-state index contributed by atoms with van der Waals surface area (Å²) in [7, 11) is 0. The molecule has 0 atom stereocenters. The Morgan fingerprint density at radius 2 is 1.74 bits per heavy atom. The first-order valence-corrected chi connectivity index (χ1v) is 13.6. The standard InChI is InChI=1S/C26H26BrN3O2S2/c1-5-32-20-12-10-19(11-13-20)30-24(17-6-8-18(9-7-17)26(2,3)4)28-29-25(30)33-16-21(31)22-14-15-23(27)34-22/h6-15H,5,16H2,1-4H3. The lowest BCUT2D eigenvalue weighted by molar-refractivity contribution is 0.102. The monoisotopic (exact) mass is 555 g/mol. The van der Waals surface area contributed by atoms with Crippen LogP contribution < -0.4 is 4.74 Å². The summed E-state index contributed by atoms with van der Waals surface area (Å²) in [5.74, 6) is 1.89. The van der Waals surface area contributed by atoms with Crippen molar-refractivity contribution in [1.82, 2.24) is 14.8 Å². The van der Waals surface area contributed by atoms with Crippen molar-refractivity contribution in [2.24, 2.45) is 0 Å². The van der Waals surface area contributed by atoms with E-state index in [1.54, 1.807) is 0 Å². The quantitative estimate of drug-likeness (QED) is 0.167. The molecule has 34 heavy (non-hydrogen) atoms. The van der Waals surface area contributed by atoms with Crippen molar-refractivity contribution in [3.8, 4) is 22.8 Å². The van der Waals surface area contributed by atoms with E-state index in [1.165, 1.54) is 28.7 Å². The van der Waals surface area contributed by atoms with Gasteiger partial charge < -0.3 is 4.74 Å². The molecule has 176 valence electrons. The summed E-state index contributed by atoms with van der Waals surface area (Å²) < 4.78 is 8.55. The first-order chi connectivity index (χ1) is 16.3. The number of thioether (sulfide) groups is 1. The number of benzene rings is 2. The van der Waals surface area contributed by atoms with Gasteiger partial charge in [-0.25, -0.2) is 0 Å². The van der Waals surface area contributed by atoms with Gasteiger partial charge >= 0.3 is 0 Å². The van der Waals surface area contributed by atoms with E-state index < -0.39 is 0 Å². The van der Waals surface area contributed by atoms with Gasteiger partial charge in [-0.1, -0.05) is 56.8 Å². The zero-order valence-electron chi connectivity index (χ0n) is 19.5. The molecule has 2 aromatic heterocycles. The number of rotatable bonds is 8. The highest BCUT2D eigenvalue weighted by Crippen LogP contribution is 2.32. The van der Waals surface area contributed by atoms with Crippen molar-refractivity contribution >= 4 is 44.8 Å². The van der Waals surface area contributed by atoms with E-state index in [0.29, 0.717) is 11.8 Å². The van der Waals surface area contributed by atoms with Crippen LogP contribution in [0.5, 0.6) is 5.75 Å². The van der Waals surface area contributed by atoms with Gasteiger partial charge in [-0.05, 0) is 70.2 Å². The fourth-order valence-corrected chi connectivity index (χ4v) is 5.68. The molecule has 8 heteroatoms. The molecule has 5 nitrogen and oxygen atoms in total. The molecule has 0 bridgehead atoms. The Hall–Kier alpha value is -2.42. The summed E-state index contributed by atoms with van der Waals surface area (Å²) in [5, 5.41) is 9.64. The molecular weight excluding hydrogens is 530 g/mol. The molecule has 0 saturated carbocycles. The number of ketones is 1. The van der Waals surface area contributed by atoms with Crippen molar-refractivity contribution in [2.75, 3.05) is 12.4 Å². The number of Topliss-reactive ketones (excluding diaryl/α,β-unsaturated/α-hetero) is 1. The van der Waals surface area contributed by atoms with Crippen LogP contribution in [-0.2, 0) is 5.41 Å². The van der Waals surface area contributed by atoms with Crippen molar-refractivity contribution in [1.29, 1.82) is 0 Å². The van der Waals surface area contributed by atoms with Crippen LogP contribution in [0.15, 0.2) is 69.6 Å². The molecular formula is C26H26BrN3O2S2. The van der Waals surface area contributed by atoms with Crippen molar-refractivity contribution in [2.45, 2.75) is 38.3 Å². The summed E-state index contributed by atoms with van der Waals surface area (Å²) in [5.41, 5.74) is 3.21. The number of carbonyl (C=O) groups is 1. The Kier molecular flexibility index (Phi) is 7.60. The highest BCUT2D eigenvalue weighted by atomic mass is 79.9. The minimum absolute atomic E-state index is 0.0676. The van der Waals surface area contributed by atoms with E-state index in [-0.39, 0.29) is 17.0 Å². The van der Waals surface area contributed by atoms with E-state index in [2.05, 4.69) is 71.2 Å². The van der Waals surface area contributed by atoms with Gasteiger partial charge in [-0.2, -0.15) is 0 Å². The van der Waals surface area contributed by atoms with E-state index in [4.69, 9.17) is 4.74 Å². The number of halogens is 1. The highest BCUT2D eigenvalue weighted by Gasteiger charge is 2.20. The van der Waals surface area contributed by atoms with Crippen LogP contribution in [0.25, 0.3) is 17.1 Å². The number of hydrogen-bond donors (Lipinski definition) is 0. The fourth-order valence-electron chi connectivity index (χ4n) is 3.43. The van der Waals surface area contributed by atoms with Crippen molar-refractivity contribution < 1.29 is 9.53 Å². The highest BCUT2D eigenvalue weighted by molar-refractivity contribution is 9.11. The molecule has 0 fully saturated rings. The Morgan fingerprint density at radius 3 is 2.32 bits per heavy atom. The fraction of sp³-hybridized carbons (Fsp3) is 0.269. The van der Waals surface area contributed by atoms with Crippen LogP contribution in [0.3, 0.4) is 0 Å². The molecule has 0 unspecified atom stereocenters. The zero-order chi connectivity index (χ0) is 24.3. The summed E-state index contributed by atoms with van der Waals surface area (Å²) in [6, 6.07) is 20.0. The van der Waals surface area contributed by atoms with Gasteiger partial charge in [0.25, 0.3) is 0 Å². The molecule has 0 aliphatic heterocycles. The van der Waals surface area contributed by atoms with Gasteiger partial charge in [-0.3, -0.25) is 9.36 Å². The first kappa shape index (κ1) is 24.7. The third kappa shape index (κ3) is 5.62. The number of ether oxygens (including phenoxy) is 1. The summed E-state index contributed by atoms with van der Waals surface area (Å²) >= 11 is 6.26. The Labute approximate surface area is 216 Å². The topological polar surface area (TPSA) is 57.0 Å². The molecule has 4 aromatic rings. The van der Waals surface area contributed by atoms with Gasteiger partial charge in [0.1, 0.15) is 5.75 Å². The van der Waals surface area contributed by atoms with Crippen LogP contribution in [0, 0.1) is 0 Å². The molecule has 0 amide bonds. The van der Waals surface area contributed by atoms with E-state index >= 15 is 0 Å². The lowest BCUT2D eigenvalue weighted by atomic mass is 9.87. The molecule has 0 aliphatic carbocycles. The number of nitrogens with zero attached hydrogens (tertiary/aromatic N) is 3. The van der Waals surface area contributed by atoms with Crippen LogP contribution in [0.2, 0.25) is 0 Å². The zero-order valence-corrected chi connectivity index (χ0v) is 22.8. The summed E-state index contributed by atoms with van der Waals surface area (Å²) in [4.78, 5) is 13.4. The van der Waals surface area contributed by atoms with E-state index in [9.17, 15) is 4.79 Å². The van der Waals surface area contributed by atoms with Crippen molar-refractivity contribution in [3.05, 3.63) is 74.9 Å². The number of thiophene rings is 1. The second kappa shape index (κ2) is 10.5. The Morgan fingerprint density at radius 1 is 1.03 bits per heavy atom. The Balaban J connectivity index is 1.68. The van der Waals surface area contributed by atoms with Crippen LogP contribution >= 0.6 is 39.0 Å². The minimum atomic E-state index is 0.0676. The lowest BCUT2D eigenvalue weighted by Gasteiger charge is -2.19. The maximum absolute atomic E-state index is 12.7. The molecule has 0 radical (unpaired) electrons. The maximum Gasteiger partial charge on any atom is 0.196 e. The molecule has 4 rings (SSSR count). The maximum atomic E-state index is 12.7. The smallest absolute Gasteiger partial charge is 0.196 e. The largest absolute Gasteiger partial charge is 0.494 e. The van der Waals surface area contributed by atoms with Gasteiger partial charge in [0.2, 0.25) is 0 Å². The van der Waals surface area contributed by atoms with Gasteiger partial charge in [0.05, 0.1) is 21.0 Å². The summed E-state index contributed by atoms with van der Waals surface area (Å²) in [6.45, 7) is 9.16. The molecule has 0 saturated heterocycles. The molecule has 0 N–H and O–H groups in total. The van der Waals surface area contributed by atoms with E-state index in [1.807, 2.05) is 47.9 Å². The van der Waals surface area contributed by atoms with Gasteiger partial charge in [0.15, 0.2) is 16.8 Å². The normalized spacial score (nSPS) is 11.6. The van der Waals surface area contributed by atoms with Crippen LogP contribution in [0.1, 0.15) is 42.9 Å². The predicted octanol–water partition coefficient (Wildman–Crippen LogP) is 7.43. The second-order valence-electron chi connectivity index (χ2n) is 8.71. The van der Waals surface area contributed by atoms with Crippen LogP contribution in [-0.4, -0.2) is 32.9 Å². The first-order valence-electron chi connectivity index (χ1n) is 11.0. The molecule has 2 heterocycles. The SMILES string of the molecule is CCOc1ccc(-n2c(SCC(=O)c3ccc(Br)s3)nnc2-c2ccc(C(C)(C)C)cc2)cc1. The van der Waals surface area contributed by atoms with E-state index in [0.717, 1.165) is 31.5 Å². The minimum Gasteiger partial charge on any atom is -0.494 e. The number of aromatic nitrogens is 3. The van der Waals surface area contributed by atoms with Gasteiger partial charge in [-0.15, -0.1) is 21.5 Å². The average molecular weight is 557 g/mol. The third-order valence-corrected chi connectivity index (χ3v) is 7.82. The third-order valence-electron chi connectivity index (χ3n) is 5.23. The van der Waals surface area contributed by atoms with Gasteiger partial charge in [0, 0.05) is 11.3 Å². The second-order valence-corrected chi connectivity index (χ2v) is 12.1. The predicted molar refractivity (Wildman–Crippen MR) is 144 cm³/mol. The summed E-state index contributed by atoms with van der Waals surface area (Å²) in [6.07, 6.45) is 0. The number of hydrogen-bond acceptors (Lipinski definition) is 6. The average Bonchev–Trinajstić information content (AvgIpc) is 3.44. The Bertz CT molecular complexity index is 1270. The molecule has 2 aromatic carbocycles. The number of carbonyl (C=O) groups excluding carboxylic acids is 1.